The van der Waals surface area contributed by atoms with Gasteiger partial charge in [0.1, 0.15) is 11.5 Å². The Labute approximate surface area is 193 Å². The lowest BCUT2D eigenvalue weighted by atomic mass is 10.1. The summed E-state index contributed by atoms with van der Waals surface area (Å²) >= 11 is 1.40. The number of aliphatic imine (C=N–C) groups is 1. The van der Waals surface area contributed by atoms with Gasteiger partial charge in [-0.25, -0.2) is 4.99 Å². The van der Waals surface area contributed by atoms with Crippen LogP contribution >= 0.6 is 11.8 Å². The number of rotatable bonds is 7. The van der Waals surface area contributed by atoms with Crippen molar-refractivity contribution in [1.82, 2.24) is 4.90 Å². The fraction of sp³-hybridized carbons (Fsp3) is 0.360. The van der Waals surface area contributed by atoms with Crippen LogP contribution < -0.4 is 14.4 Å². The number of benzene rings is 2. The molecule has 4 rings (SSSR count). The lowest BCUT2D eigenvalue weighted by Gasteiger charge is -2.22. The third kappa shape index (κ3) is 4.63. The number of thioether (sulfide) groups is 1. The van der Waals surface area contributed by atoms with Crippen LogP contribution in [0.15, 0.2) is 52.4 Å². The number of nitrogens with zero attached hydrogens (tertiary/aromatic N) is 3. The second kappa shape index (κ2) is 10.1. The Morgan fingerprint density at radius 1 is 1.06 bits per heavy atom. The van der Waals surface area contributed by atoms with Gasteiger partial charge in [0.05, 0.1) is 30.5 Å². The molecule has 2 heterocycles. The zero-order valence-electron chi connectivity index (χ0n) is 18.8. The highest BCUT2D eigenvalue weighted by Crippen LogP contribution is 2.40. The van der Waals surface area contributed by atoms with E-state index in [0.717, 1.165) is 47.9 Å². The fourth-order valence-electron chi connectivity index (χ4n) is 3.99. The third-order valence-electron chi connectivity index (χ3n) is 5.58. The van der Waals surface area contributed by atoms with Gasteiger partial charge in [-0.1, -0.05) is 25.1 Å². The SMILES string of the molecule is CCCN1C(=O)/C(=C/c2cc(OC)c(N3CCCC3)cc2OC)SC1=Nc1ccccc1. The van der Waals surface area contributed by atoms with Gasteiger partial charge in [-0.2, -0.15) is 0 Å². The van der Waals surface area contributed by atoms with Crippen LogP contribution in [-0.2, 0) is 4.79 Å². The molecule has 0 atom stereocenters. The molecular formula is C25H29N3O3S. The van der Waals surface area contributed by atoms with Crippen LogP contribution in [-0.4, -0.2) is 49.8 Å². The first-order valence-corrected chi connectivity index (χ1v) is 11.8. The van der Waals surface area contributed by atoms with E-state index in [1.165, 1.54) is 24.6 Å². The van der Waals surface area contributed by atoms with Gasteiger partial charge in [-0.3, -0.25) is 9.69 Å². The lowest BCUT2D eigenvalue weighted by molar-refractivity contribution is -0.122. The molecule has 0 spiro atoms. The minimum atomic E-state index is -0.0313. The largest absolute Gasteiger partial charge is 0.496 e. The molecule has 2 fully saturated rings. The smallest absolute Gasteiger partial charge is 0.266 e. The van der Waals surface area contributed by atoms with Crippen molar-refractivity contribution >= 4 is 40.3 Å². The van der Waals surface area contributed by atoms with E-state index < -0.39 is 0 Å². The minimum absolute atomic E-state index is 0.0313. The number of carbonyl (C=O) groups excluding carboxylic acids is 1. The van der Waals surface area contributed by atoms with E-state index in [4.69, 9.17) is 14.5 Å². The molecule has 0 bridgehead atoms. The Bertz CT molecular complexity index is 1030. The van der Waals surface area contributed by atoms with E-state index in [1.54, 1.807) is 19.1 Å². The summed E-state index contributed by atoms with van der Waals surface area (Å²) in [7, 11) is 3.34. The highest BCUT2D eigenvalue weighted by atomic mass is 32.2. The van der Waals surface area contributed by atoms with E-state index in [2.05, 4.69) is 11.8 Å². The Morgan fingerprint density at radius 3 is 2.44 bits per heavy atom. The average Bonchev–Trinajstić information content (AvgIpc) is 3.45. The van der Waals surface area contributed by atoms with Gasteiger partial charge in [0.15, 0.2) is 5.17 Å². The molecule has 0 saturated carbocycles. The minimum Gasteiger partial charge on any atom is -0.496 e. The molecular weight excluding hydrogens is 422 g/mol. The Morgan fingerprint density at radius 2 is 1.78 bits per heavy atom. The normalized spacial score (nSPS) is 18.8. The van der Waals surface area contributed by atoms with Gasteiger partial charge < -0.3 is 14.4 Å². The third-order valence-corrected chi connectivity index (χ3v) is 6.59. The van der Waals surface area contributed by atoms with Gasteiger partial charge in [0.25, 0.3) is 5.91 Å². The van der Waals surface area contributed by atoms with Crippen LogP contribution in [0.2, 0.25) is 0 Å². The van der Waals surface area contributed by atoms with E-state index >= 15 is 0 Å². The summed E-state index contributed by atoms with van der Waals surface area (Å²) in [6.07, 6.45) is 5.10. The van der Waals surface area contributed by atoms with E-state index in [0.29, 0.717) is 16.6 Å². The van der Waals surface area contributed by atoms with Crippen LogP contribution in [0, 0.1) is 0 Å². The quantitative estimate of drug-likeness (QED) is 0.534. The number of hydrogen-bond acceptors (Lipinski definition) is 6. The predicted molar refractivity (Wildman–Crippen MR) is 132 cm³/mol. The molecule has 2 saturated heterocycles. The number of carbonyl (C=O) groups is 1. The molecule has 7 heteroatoms. The summed E-state index contributed by atoms with van der Waals surface area (Å²) in [6.45, 7) is 4.72. The average molecular weight is 452 g/mol. The first-order chi connectivity index (χ1) is 15.6. The zero-order chi connectivity index (χ0) is 22.5. The number of para-hydroxylation sites is 1. The molecule has 0 unspecified atom stereocenters. The maximum absolute atomic E-state index is 13.2. The molecule has 168 valence electrons. The first kappa shape index (κ1) is 22.3. The van der Waals surface area contributed by atoms with Gasteiger partial charge in [0.2, 0.25) is 0 Å². The molecule has 2 aliphatic heterocycles. The molecule has 6 nitrogen and oxygen atoms in total. The van der Waals surface area contributed by atoms with Crippen molar-refractivity contribution in [3.05, 3.63) is 52.9 Å². The maximum atomic E-state index is 13.2. The van der Waals surface area contributed by atoms with Crippen LogP contribution in [0.3, 0.4) is 0 Å². The van der Waals surface area contributed by atoms with Crippen LogP contribution in [0.5, 0.6) is 11.5 Å². The van der Waals surface area contributed by atoms with Gasteiger partial charge >= 0.3 is 0 Å². The monoisotopic (exact) mass is 451 g/mol. The molecule has 2 aromatic carbocycles. The topological polar surface area (TPSA) is 54.4 Å². The number of anilines is 1. The van der Waals surface area contributed by atoms with Gasteiger partial charge in [0, 0.05) is 31.3 Å². The van der Waals surface area contributed by atoms with E-state index in [1.807, 2.05) is 48.5 Å². The molecule has 2 aromatic rings. The first-order valence-electron chi connectivity index (χ1n) is 11.0. The second-order valence-corrected chi connectivity index (χ2v) is 8.77. The van der Waals surface area contributed by atoms with Gasteiger partial charge in [-0.15, -0.1) is 0 Å². The molecule has 0 N–H and O–H groups in total. The molecule has 0 aromatic heterocycles. The number of amides is 1. The lowest BCUT2D eigenvalue weighted by Crippen LogP contribution is -2.29. The summed E-state index contributed by atoms with van der Waals surface area (Å²) in [4.78, 5) is 22.6. The standard InChI is InChI=1S/C25H29N3O3S/c1-4-12-28-24(29)23(32-25(28)26-19-10-6-5-7-11-19)16-18-15-22(31-3)20(17-21(18)30-2)27-13-8-9-14-27/h5-7,10-11,15-17H,4,8-9,12-14H2,1-3H3/b23-16-,26-25?. The summed E-state index contributed by atoms with van der Waals surface area (Å²) in [5, 5.41) is 0.703. The zero-order valence-corrected chi connectivity index (χ0v) is 19.7. The summed E-state index contributed by atoms with van der Waals surface area (Å²) < 4.78 is 11.4. The van der Waals surface area contributed by atoms with Crippen molar-refractivity contribution in [2.75, 3.05) is 38.8 Å². The molecule has 32 heavy (non-hydrogen) atoms. The van der Waals surface area contributed by atoms with Crippen molar-refractivity contribution in [2.24, 2.45) is 4.99 Å². The fourth-order valence-corrected chi connectivity index (χ4v) is 5.01. The Balaban J connectivity index is 1.70. The highest BCUT2D eigenvalue weighted by Gasteiger charge is 2.33. The molecule has 1 amide bonds. The van der Waals surface area contributed by atoms with E-state index in [9.17, 15) is 4.79 Å². The molecule has 0 radical (unpaired) electrons. The van der Waals surface area contributed by atoms with E-state index in [-0.39, 0.29) is 5.91 Å². The number of methoxy groups -OCH3 is 2. The number of ether oxygens (including phenoxy) is 2. The van der Waals surface area contributed by atoms with Crippen molar-refractivity contribution < 1.29 is 14.3 Å². The van der Waals surface area contributed by atoms with Crippen LogP contribution in [0.25, 0.3) is 6.08 Å². The van der Waals surface area contributed by atoms with Crippen molar-refractivity contribution in [2.45, 2.75) is 26.2 Å². The Kier molecular flexibility index (Phi) is 7.05. The number of hydrogen-bond donors (Lipinski definition) is 0. The Hall–Kier alpha value is -2.93. The predicted octanol–water partition coefficient (Wildman–Crippen LogP) is 5.32. The molecule has 0 aliphatic carbocycles. The summed E-state index contributed by atoms with van der Waals surface area (Å²) in [5.41, 5.74) is 2.69. The molecule has 2 aliphatic rings. The van der Waals surface area contributed by atoms with Crippen molar-refractivity contribution in [1.29, 1.82) is 0 Å². The maximum Gasteiger partial charge on any atom is 0.266 e. The van der Waals surface area contributed by atoms with Crippen molar-refractivity contribution in [3.8, 4) is 11.5 Å². The van der Waals surface area contributed by atoms with Crippen LogP contribution in [0.4, 0.5) is 11.4 Å². The summed E-state index contributed by atoms with van der Waals surface area (Å²) in [5.74, 6) is 1.49. The van der Waals surface area contributed by atoms with Gasteiger partial charge in [-0.05, 0) is 55.3 Å². The second-order valence-electron chi connectivity index (χ2n) is 7.76. The number of amidine groups is 1. The summed E-state index contributed by atoms with van der Waals surface area (Å²) in [6, 6.07) is 13.7. The highest BCUT2D eigenvalue weighted by molar-refractivity contribution is 8.18. The van der Waals surface area contributed by atoms with Crippen molar-refractivity contribution in [3.63, 3.8) is 0 Å². The van der Waals surface area contributed by atoms with Crippen LogP contribution in [0.1, 0.15) is 31.7 Å².